The molecule has 6 nitrogen and oxygen atoms in total. The Kier molecular flexibility index (Phi) is 6.26. The van der Waals surface area contributed by atoms with Crippen LogP contribution < -0.4 is 14.8 Å². The Labute approximate surface area is 123 Å². The molecule has 0 aliphatic carbocycles. The fourth-order valence-corrected chi connectivity index (χ4v) is 1.49. The summed E-state index contributed by atoms with van der Waals surface area (Å²) in [6, 6.07) is 4.98. The zero-order valence-electron chi connectivity index (χ0n) is 12.5. The third-order valence-electron chi connectivity index (χ3n) is 2.39. The highest BCUT2D eigenvalue weighted by Crippen LogP contribution is 2.28. The van der Waals surface area contributed by atoms with Crippen molar-refractivity contribution in [1.82, 2.24) is 0 Å². The molecule has 0 aromatic heterocycles. The van der Waals surface area contributed by atoms with Crippen molar-refractivity contribution in [1.29, 1.82) is 0 Å². The molecule has 0 fully saturated rings. The lowest BCUT2D eigenvalue weighted by atomic mass is 10.2. The van der Waals surface area contributed by atoms with Gasteiger partial charge in [0.05, 0.1) is 26.0 Å². The van der Waals surface area contributed by atoms with E-state index in [1.807, 2.05) is 0 Å². The maximum absolute atomic E-state index is 11.7. The number of rotatable bonds is 6. The van der Waals surface area contributed by atoms with Crippen molar-refractivity contribution in [2.24, 2.45) is 0 Å². The van der Waals surface area contributed by atoms with E-state index in [2.05, 4.69) is 5.32 Å². The van der Waals surface area contributed by atoms with Crippen LogP contribution in [-0.4, -0.2) is 32.2 Å². The normalized spacial score (nSPS) is 10.5. The van der Waals surface area contributed by atoms with Crippen LogP contribution in [0.25, 0.3) is 0 Å². The highest BCUT2D eigenvalue weighted by atomic mass is 16.5. The summed E-state index contributed by atoms with van der Waals surface area (Å²) in [4.78, 5) is 23.0. The number of carbonyl (C=O) groups excluding carboxylic acids is 2. The molecule has 21 heavy (non-hydrogen) atoms. The minimum Gasteiger partial charge on any atom is -0.497 e. The van der Waals surface area contributed by atoms with Crippen LogP contribution in [0.2, 0.25) is 0 Å². The highest BCUT2D eigenvalue weighted by molar-refractivity contribution is 6.03. The molecule has 1 N–H and O–H groups in total. The van der Waals surface area contributed by atoms with Gasteiger partial charge in [-0.1, -0.05) is 0 Å². The van der Waals surface area contributed by atoms with Gasteiger partial charge in [-0.05, 0) is 26.0 Å². The van der Waals surface area contributed by atoms with E-state index in [1.54, 1.807) is 32.0 Å². The van der Waals surface area contributed by atoms with Crippen LogP contribution in [0.5, 0.6) is 11.5 Å². The second-order valence-electron chi connectivity index (χ2n) is 4.37. The maximum Gasteiger partial charge on any atom is 0.331 e. The zero-order valence-corrected chi connectivity index (χ0v) is 12.5. The molecule has 0 aliphatic rings. The predicted octanol–water partition coefficient (Wildman–Crippen LogP) is 2.15. The first kappa shape index (κ1) is 16.6. The van der Waals surface area contributed by atoms with E-state index in [9.17, 15) is 9.59 Å². The summed E-state index contributed by atoms with van der Waals surface area (Å²) in [5.74, 6) is 0.0442. The highest BCUT2D eigenvalue weighted by Gasteiger charge is 2.08. The molecule has 0 bridgehead atoms. The van der Waals surface area contributed by atoms with Crippen molar-refractivity contribution in [2.75, 3.05) is 19.5 Å². The molecule has 0 radical (unpaired) electrons. The zero-order chi connectivity index (χ0) is 15.8. The summed E-state index contributed by atoms with van der Waals surface area (Å²) in [7, 11) is 3.02. The van der Waals surface area contributed by atoms with Crippen molar-refractivity contribution in [3.8, 4) is 11.5 Å². The van der Waals surface area contributed by atoms with E-state index in [0.29, 0.717) is 17.2 Å². The number of esters is 1. The van der Waals surface area contributed by atoms with Crippen LogP contribution in [-0.2, 0) is 14.3 Å². The quantitative estimate of drug-likeness (QED) is 0.642. The summed E-state index contributed by atoms with van der Waals surface area (Å²) in [5.41, 5.74) is 0.477. The minimum atomic E-state index is -0.568. The molecule has 1 aromatic rings. The van der Waals surface area contributed by atoms with Gasteiger partial charge in [0.25, 0.3) is 0 Å². The van der Waals surface area contributed by atoms with Gasteiger partial charge in [0.1, 0.15) is 11.5 Å². The number of hydrogen-bond donors (Lipinski definition) is 1. The van der Waals surface area contributed by atoms with Gasteiger partial charge in [-0.15, -0.1) is 0 Å². The van der Waals surface area contributed by atoms with Crippen molar-refractivity contribution < 1.29 is 23.8 Å². The third kappa shape index (κ3) is 5.56. The molecule has 0 saturated heterocycles. The van der Waals surface area contributed by atoms with Crippen molar-refractivity contribution in [3.05, 3.63) is 30.4 Å². The first-order valence-electron chi connectivity index (χ1n) is 6.38. The van der Waals surface area contributed by atoms with E-state index < -0.39 is 11.9 Å². The fourth-order valence-electron chi connectivity index (χ4n) is 1.49. The minimum absolute atomic E-state index is 0.230. The Hall–Kier alpha value is -2.50. The van der Waals surface area contributed by atoms with Crippen LogP contribution in [0.15, 0.2) is 30.4 Å². The largest absolute Gasteiger partial charge is 0.497 e. The molecular formula is C15H19NO5. The summed E-state index contributed by atoms with van der Waals surface area (Å²) >= 11 is 0. The molecule has 0 heterocycles. The first-order valence-corrected chi connectivity index (χ1v) is 6.38. The van der Waals surface area contributed by atoms with Crippen LogP contribution in [0, 0.1) is 0 Å². The third-order valence-corrected chi connectivity index (χ3v) is 2.39. The summed E-state index contributed by atoms with van der Waals surface area (Å²) in [5, 5.41) is 2.61. The van der Waals surface area contributed by atoms with Gasteiger partial charge < -0.3 is 19.5 Å². The molecule has 6 heteroatoms. The van der Waals surface area contributed by atoms with Gasteiger partial charge in [-0.2, -0.15) is 0 Å². The van der Waals surface area contributed by atoms with E-state index in [-0.39, 0.29) is 6.10 Å². The molecule has 1 amide bonds. The molecule has 0 unspecified atom stereocenters. The Morgan fingerprint density at radius 3 is 2.43 bits per heavy atom. The number of carbonyl (C=O) groups is 2. The number of nitrogens with one attached hydrogen (secondary N) is 1. The predicted molar refractivity (Wildman–Crippen MR) is 78.5 cm³/mol. The number of benzene rings is 1. The van der Waals surface area contributed by atoms with Crippen molar-refractivity contribution in [2.45, 2.75) is 20.0 Å². The second kappa shape index (κ2) is 7.94. The summed E-state index contributed by atoms with van der Waals surface area (Å²) < 4.78 is 15.1. The lowest BCUT2D eigenvalue weighted by Gasteiger charge is -2.10. The standard InChI is InChI=1S/C15H19NO5/c1-10(2)21-15(18)8-7-14(17)16-12-6-5-11(19-3)9-13(12)20-4/h5-10H,1-4H3,(H,16,17)/b8-7+. The van der Waals surface area contributed by atoms with Gasteiger partial charge in [0.15, 0.2) is 0 Å². The topological polar surface area (TPSA) is 73.9 Å². The van der Waals surface area contributed by atoms with Crippen molar-refractivity contribution in [3.63, 3.8) is 0 Å². The Morgan fingerprint density at radius 2 is 1.86 bits per heavy atom. The van der Waals surface area contributed by atoms with Gasteiger partial charge in [-0.25, -0.2) is 4.79 Å². The average molecular weight is 293 g/mol. The molecule has 1 rings (SSSR count). The van der Waals surface area contributed by atoms with E-state index in [0.717, 1.165) is 12.2 Å². The molecule has 114 valence electrons. The fraction of sp³-hybridized carbons (Fsp3) is 0.333. The monoisotopic (exact) mass is 293 g/mol. The molecule has 0 aliphatic heterocycles. The number of amides is 1. The van der Waals surface area contributed by atoms with Gasteiger partial charge in [0, 0.05) is 18.2 Å². The number of hydrogen-bond acceptors (Lipinski definition) is 5. The number of methoxy groups -OCH3 is 2. The van der Waals surface area contributed by atoms with Gasteiger partial charge in [-0.3, -0.25) is 4.79 Å². The first-order chi connectivity index (χ1) is 9.96. The van der Waals surface area contributed by atoms with Crippen LogP contribution in [0.4, 0.5) is 5.69 Å². The Bertz CT molecular complexity index is 537. The maximum atomic E-state index is 11.7. The molecular weight excluding hydrogens is 274 g/mol. The Balaban J connectivity index is 2.70. The van der Waals surface area contributed by atoms with E-state index in [1.165, 1.54) is 14.2 Å². The van der Waals surface area contributed by atoms with Crippen LogP contribution in [0.3, 0.4) is 0 Å². The van der Waals surface area contributed by atoms with Crippen molar-refractivity contribution >= 4 is 17.6 Å². The molecule has 1 aromatic carbocycles. The van der Waals surface area contributed by atoms with Gasteiger partial charge >= 0.3 is 5.97 Å². The van der Waals surface area contributed by atoms with E-state index in [4.69, 9.17) is 14.2 Å². The smallest absolute Gasteiger partial charge is 0.331 e. The molecule has 0 atom stereocenters. The van der Waals surface area contributed by atoms with Crippen LogP contribution >= 0.6 is 0 Å². The lowest BCUT2D eigenvalue weighted by Crippen LogP contribution is -2.12. The lowest BCUT2D eigenvalue weighted by molar-refractivity contribution is -0.141. The second-order valence-corrected chi connectivity index (χ2v) is 4.37. The summed E-state index contributed by atoms with van der Waals surface area (Å²) in [6.45, 7) is 3.46. The summed E-state index contributed by atoms with van der Waals surface area (Å²) in [6.07, 6.45) is 1.95. The number of anilines is 1. The molecule has 0 spiro atoms. The van der Waals surface area contributed by atoms with Crippen LogP contribution in [0.1, 0.15) is 13.8 Å². The van der Waals surface area contributed by atoms with E-state index >= 15 is 0 Å². The van der Waals surface area contributed by atoms with Gasteiger partial charge in [0.2, 0.25) is 5.91 Å². The number of ether oxygens (including phenoxy) is 3. The SMILES string of the molecule is COc1ccc(NC(=O)/C=C/C(=O)OC(C)C)c(OC)c1. The Morgan fingerprint density at radius 1 is 1.14 bits per heavy atom. The molecule has 0 saturated carbocycles. The average Bonchev–Trinajstić information content (AvgIpc) is 2.45.